The van der Waals surface area contributed by atoms with Crippen molar-refractivity contribution in [1.29, 1.82) is 0 Å². The molecular weight excluding hydrogens is 238 g/mol. The second-order valence-electron chi connectivity index (χ2n) is 3.19. The number of thioether (sulfide) groups is 1. The van der Waals surface area contributed by atoms with Crippen LogP contribution in [0.1, 0.15) is 0 Å². The smallest absolute Gasteiger partial charge is 0.257 e. The number of rotatable bonds is 5. The van der Waals surface area contributed by atoms with Crippen LogP contribution in [-0.4, -0.2) is 43.3 Å². The molecule has 0 amide bonds. The van der Waals surface area contributed by atoms with Crippen LogP contribution in [0.4, 0.5) is 11.9 Å². The van der Waals surface area contributed by atoms with Crippen molar-refractivity contribution in [2.45, 2.75) is 0 Å². The van der Waals surface area contributed by atoms with E-state index in [9.17, 15) is 0 Å². The van der Waals surface area contributed by atoms with Gasteiger partial charge in [0, 0.05) is 24.7 Å². The Balaban J connectivity index is 2.18. The maximum absolute atomic E-state index is 5.62. The van der Waals surface area contributed by atoms with Crippen molar-refractivity contribution >= 4 is 23.7 Å². The first-order valence-electron chi connectivity index (χ1n) is 5.04. The van der Waals surface area contributed by atoms with Crippen molar-refractivity contribution in [1.82, 2.24) is 24.7 Å². The molecule has 3 N–H and O–H groups in total. The summed E-state index contributed by atoms with van der Waals surface area (Å²) in [4.78, 5) is 12.3. The molecular formula is C9H13N7S. The van der Waals surface area contributed by atoms with E-state index in [-0.39, 0.29) is 5.95 Å². The summed E-state index contributed by atoms with van der Waals surface area (Å²) in [6, 6.07) is 1.79. The highest BCUT2D eigenvalue weighted by Crippen LogP contribution is 2.06. The van der Waals surface area contributed by atoms with Gasteiger partial charge in [0.1, 0.15) is 0 Å². The van der Waals surface area contributed by atoms with Crippen LogP contribution in [0.15, 0.2) is 18.5 Å². The molecule has 0 unspecified atom stereocenters. The van der Waals surface area contributed by atoms with Gasteiger partial charge in [-0.2, -0.15) is 31.8 Å². The molecule has 2 heterocycles. The van der Waals surface area contributed by atoms with Gasteiger partial charge in [-0.25, -0.2) is 4.68 Å². The van der Waals surface area contributed by atoms with Gasteiger partial charge in [-0.05, 0) is 12.3 Å². The predicted molar refractivity (Wildman–Crippen MR) is 68.2 cm³/mol. The summed E-state index contributed by atoms with van der Waals surface area (Å²) in [6.45, 7) is 0.781. The second kappa shape index (κ2) is 5.48. The summed E-state index contributed by atoms with van der Waals surface area (Å²) < 4.78 is 1.54. The maximum atomic E-state index is 5.62. The minimum absolute atomic E-state index is 0.178. The monoisotopic (exact) mass is 251 g/mol. The molecule has 2 rings (SSSR count). The van der Waals surface area contributed by atoms with Crippen molar-refractivity contribution in [3.8, 4) is 5.95 Å². The molecule has 0 aliphatic rings. The molecule has 0 radical (unpaired) electrons. The van der Waals surface area contributed by atoms with E-state index in [2.05, 4.69) is 25.4 Å². The van der Waals surface area contributed by atoms with E-state index in [0.717, 1.165) is 12.3 Å². The van der Waals surface area contributed by atoms with Gasteiger partial charge in [-0.1, -0.05) is 0 Å². The van der Waals surface area contributed by atoms with Crippen LogP contribution in [0.2, 0.25) is 0 Å². The van der Waals surface area contributed by atoms with E-state index >= 15 is 0 Å². The molecule has 7 nitrogen and oxygen atoms in total. The quantitative estimate of drug-likeness (QED) is 0.743. The zero-order valence-corrected chi connectivity index (χ0v) is 10.2. The molecule has 0 bridgehead atoms. The SMILES string of the molecule is CSCCNc1nc(N)nc(-n2cccn2)n1. The summed E-state index contributed by atoms with van der Waals surface area (Å²) in [5, 5.41) is 7.13. The summed E-state index contributed by atoms with van der Waals surface area (Å²) in [5.74, 6) is 2.03. The average molecular weight is 251 g/mol. The molecule has 0 atom stereocenters. The molecule has 0 fully saturated rings. The number of hydrogen-bond donors (Lipinski definition) is 2. The van der Waals surface area contributed by atoms with Gasteiger partial charge in [-0.15, -0.1) is 0 Å². The minimum Gasteiger partial charge on any atom is -0.368 e. The molecule has 17 heavy (non-hydrogen) atoms. The third-order valence-corrected chi connectivity index (χ3v) is 2.55. The Labute approximate surface area is 103 Å². The maximum Gasteiger partial charge on any atom is 0.257 e. The Hall–Kier alpha value is -1.83. The van der Waals surface area contributed by atoms with Crippen LogP contribution in [0.5, 0.6) is 0 Å². The topological polar surface area (TPSA) is 94.5 Å². The highest BCUT2D eigenvalue weighted by Gasteiger charge is 2.05. The highest BCUT2D eigenvalue weighted by molar-refractivity contribution is 7.98. The summed E-state index contributed by atoms with van der Waals surface area (Å²) in [6.07, 6.45) is 5.44. The predicted octanol–water partition coefficient (Wildman–Crippen LogP) is 0.414. The third-order valence-electron chi connectivity index (χ3n) is 1.94. The number of nitrogens with zero attached hydrogens (tertiary/aromatic N) is 5. The minimum atomic E-state index is 0.178. The molecule has 0 saturated carbocycles. The van der Waals surface area contributed by atoms with Gasteiger partial charge in [0.25, 0.3) is 5.95 Å². The van der Waals surface area contributed by atoms with Gasteiger partial charge in [0.2, 0.25) is 11.9 Å². The van der Waals surface area contributed by atoms with E-state index < -0.39 is 0 Å². The largest absolute Gasteiger partial charge is 0.368 e. The van der Waals surface area contributed by atoms with Crippen LogP contribution in [0.3, 0.4) is 0 Å². The van der Waals surface area contributed by atoms with Crippen molar-refractivity contribution in [3.63, 3.8) is 0 Å². The Bertz CT molecular complexity index is 470. The average Bonchev–Trinajstić information content (AvgIpc) is 2.82. The van der Waals surface area contributed by atoms with E-state index in [0.29, 0.717) is 11.9 Å². The van der Waals surface area contributed by atoms with Crippen molar-refractivity contribution < 1.29 is 0 Å². The Morgan fingerprint density at radius 1 is 1.41 bits per heavy atom. The first-order valence-corrected chi connectivity index (χ1v) is 6.43. The Morgan fingerprint density at radius 3 is 3.00 bits per heavy atom. The number of nitrogen functional groups attached to an aromatic ring is 1. The van der Waals surface area contributed by atoms with Crippen LogP contribution < -0.4 is 11.1 Å². The number of nitrogens with two attached hydrogens (primary N) is 1. The van der Waals surface area contributed by atoms with E-state index in [1.807, 2.05) is 6.26 Å². The fourth-order valence-electron chi connectivity index (χ4n) is 1.21. The first-order chi connectivity index (χ1) is 8.29. The molecule has 0 aliphatic carbocycles. The molecule has 8 heteroatoms. The van der Waals surface area contributed by atoms with Gasteiger partial charge in [-0.3, -0.25) is 0 Å². The summed E-state index contributed by atoms with van der Waals surface area (Å²) in [5.41, 5.74) is 5.62. The molecule has 2 aromatic heterocycles. The van der Waals surface area contributed by atoms with Crippen molar-refractivity contribution in [3.05, 3.63) is 18.5 Å². The second-order valence-corrected chi connectivity index (χ2v) is 4.17. The third kappa shape index (κ3) is 3.06. The van der Waals surface area contributed by atoms with Gasteiger partial charge in [0.15, 0.2) is 0 Å². The van der Waals surface area contributed by atoms with E-state index in [1.165, 1.54) is 4.68 Å². The lowest BCUT2D eigenvalue weighted by molar-refractivity contribution is 0.799. The number of hydrogen-bond acceptors (Lipinski definition) is 7. The van der Waals surface area contributed by atoms with Crippen LogP contribution in [0.25, 0.3) is 5.95 Å². The van der Waals surface area contributed by atoms with Crippen molar-refractivity contribution in [2.24, 2.45) is 0 Å². The van der Waals surface area contributed by atoms with Crippen LogP contribution >= 0.6 is 11.8 Å². The lowest BCUT2D eigenvalue weighted by Gasteiger charge is -2.06. The standard InChI is InChI=1S/C9H13N7S/c1-17-6-4-11-8-13-7(10)14-9(15-8)16-5-2-3-12-16/h2-3,5H,4,6H2,1H3,(H3,10,11,13,14,15). The molecule has 0 aromatic carbocycles. The Morgan fingerprint density at radius 2 is 2.29 bits per heavy atom. The Kier molecular flexibility index (Phi) is 3.76. The zero-order valence-electron chi connectivity index (χ0n) is 9.37. The summed E-state index contributed by atoms with van der Waals surface area (Å²) >= 11 is 1.74. The summed E-state index contributed by atoms with van der Waals surface area (Å²) in [7, 11) is 0. The van der Waals surface area contributed by atoms with Crippen LogP contribution in [0, 0.1) is 0 Å². The van der Waals surface area contributed by atoms with Gasteiger partial charge >= 0.3 is 0 Å². The van der Waals surface area contributed by atoms with E-state index in [4.69, 9.17) is 5.73 Å². The fraction of sp³-hybridized carbons (Fsp3) is 0.333. The van der Waals surface area contributed by atoms with Crippen LogP contribution in [-0.2, 0) is 0 Å². The zero-order chi connectivity index (χ0) is 12.1. The number of aromatic nitrogens is 5. The molecule has 90 valence electrons. The number of nitrogens with one attached hydrogen (secondary N) is 1. The number of anilines is 2. The highest BCUT2D eigenvalue weighted by atomic mass is 32.2. The molecule has 0 aliphatic heterocycles. The van der Waals surface area contributed by atoms with E-state index in [1.54, 1.807) is 30.2 Å². The lowest BCUT2D eigenvalue weighted by Crippen LogP contribution is -2.13. The fourth-order valence-corrected chi connectivity index (χ4v) is 1.52. The lowest BCUT2D eigenvalue weighted by atomic mass is 10.7. The normalized spacial score (nSPS) is 10.4. The molecule has 2 aromatic rings. The first kappa shape index (κ1) is 11.6. The molecule has 0 saturated heterocycles. The van der Waals surface area contributed by atoms with Gasteiger partial charge < -0.3 is 11.1 Å². The van der Waals surface area contributed by atoms with Gasteiger partial charge in [0.05, 0.1) is 0 Å². The molecule has 0 spiro atoms. The van der Waals surface area contributed by atoms with Crippen molar-refractivity contribution in [2.75, 3.05) is 29.6 Å².